The first-order valence-electron chi connectivity index (χ1n) is 8.63. The third-order valence-electron chi connectivity index (χ3n) is 5.23. The molecule has 134 valence electrons. The van der Waals surface area contributed by atoms with Gasteiger partial charge in [-0.25, -0.2) is 0 Å². The zero-order valence-electron chi connectivity index (χ0n) is 13.9. The molecular weight excluding hydrogens is 326 g/mol. The zero-order chi connectivity index (χ0) is 17.4. The smallest absolute Gasteiger partial charge is 0.235 e. The number of aliphatic hydroxyl groups is 1. The van der Waals surface area contributed by atoms with Crippen LogP contribution in [0.1, 0.15) is 32.1 Å². The number of hydrogen-bond donors (Lipinski definition) is 1. The Kier molecular flexibility index (Phi) is 4.03. The minimum Gasteiger partial charge on any atom is -0.491 e. The van der Waals surface area contributed by atoms with Crippen LogP contribution in [0.2, 0.25) is 0 Å². The van der Waals surface area contributed by atoms with Crippen LogP contribution in [0.15, 0.2) is 18.2 Å². The maximum absolute atomic E-state index is 12.6. The second-order valence-electron chi connectivity index (χ2n) is 6.95. The molecule has 0 unspecified atom stereocenters. The van der Waals surface area contributed by atoms with E-state index in [-0.39, 0.29) is 38.2 Å². The zero-order valence-corrected chi connectivity index (χ0v) is 13.9. The van der Waals surface area contributed by atoms with Gasteiger partial charge >= 0.3 is 0 Å². The van der Waals surface area contributed by atoms with Crippen LogP contribution in [0.25, 0.3) is 0 Å². The summed E-state index contributed by atoms with van der Waals surface area (Å²) in [5.74, 6) is 1.48. The molecule has 3 aliphatic rings. The quantitative estimate of drug-likeness (QED) is 0.812. The van der Waals surface area contributed by atoms with Crippen molar-refractivity contribution in [2.45, 2.75) is 38.2 Å². The monoisotopic (exact) mass is 347 g/mol. The molecule has 2 fully saturated rings. The third kappa shape index (κ3) is 2.93. The lowest BCUT2D eigenvalue weighted by atomic mass is 9.84. The summed E-state index contributed by atoms with van der Waals surface area (Å²) in [6.45, 7) is 0.149. The van der Waals surface area contributed by atoms with Crippen molar-refractivity contribution in [1.82, 2.24) is 4.90 Å². The summed E-state index contributed by atoms with van der Waals surface area (Å²) in [5, 5.41) is 10.2. The van der Waals surface area contributed by atoms with Crippen LogP contribution in [-0.2, 0) is 9.59 Å². The van der Waals surface area contributed by atoms with Gasteiger partial charge in [0.05, 0.1) is 12.0 Å². The first kappa shape index (κ1) is 16.2. The Balaban J connectivity index is 1.34. The Morgan fingerprint density at radius 1 is 1.20 bits per heavy atom. The van der Waals surface area contributed by atoms with Gasteiger partial charge in [0.2, 0.25) is 18.6 Å². The molecule has 1 spiro atoms. The lowest BCUT2D eigenvalue weighted by Gasteiger charge is -2.23. The Bertz CT molecular complexity index is 697. The fourth-order valence-corrected chi connectivity index (χ4v) is 3.91. The number of likely N-dealkylation sites (tertiary alicyclic amines) is 1. The van der Waals surface area contributed by atoms with Gasteiger partial charge in [0.15, 0.2) is 11.5 Å². The van der Waals surface area contributed by atoms with E-state index in [0.29, 0.717) is 17.2 Å². The van der Waals surface area contributed by atoms with Crippen LogP contribution in [0.3, 0.4) is 0 Å². The van der Waals surface area contributed by atoms with E-state index < -0.39 is 11.5 Å². The second-order valence-corrected chi connectivity index (χ2v) is 6.95. The van der Waals surface area contributed by atoms with Crippen LogP contribution in [-0.4, -0.2) is 47.9 Å². The predicted octanol–water partition coefficient (Wildman–Crippen LogP) is 1.47. The largest absolute Gasteiger partial charge is 0.491 e. The molecule has 7 heteroatoms. The minimum absolute atomic E-state index is 0.0102. The highest BCUT2D eigenvalue weighted by Gasteiger charge is 2.52. The van der Waals surface area contributed by atoms with Crippen LogP contribution in [0.4, 0.5) is 0 Å². The number of benzene rings is 1. The highest BCUT2D eigenvalue weighted by atomic mass is 16.7. The summed E-state index contributed by atoms with van der Waals surface area (Å²) < 4.78 is 16.1. The van der Waals surface area contributed by atoms with Gasteiger partial charge in [-0.15, -0.1) is 0 Å². The summed E-state index contributed by atoms with van der Waals surface area (Å²) >= 11 is 0. The standard InChI is InChI=1S/C18H21NO6/c20-12(10-23-13-3-4-14-15(7-13)25-11-24-14)9-19-16(21)8-18(17(19)22)5-1-2-6-18/h3-4,7,12,20H,1-2,5-6,8-11H2/t12-/m0/s1. The summed E-state index contributed by atoms with van der Waals surface area (Å²) in [4.78, 5) is 26.0. The number of imide groups is 1. The molecule has 0 radical (unpaired) electrons. The van der Waals surface area contributed by atoms with Gasteiger partial charge in [0.1, 0.15) is 18.5 Å². The number of amides is 2. The molecule has 1 N–H and O–H groups in total. The van der Waals surface area contributed by atoms with Crippen molar-refractivity contribution in [3.05, 3.63) is 18.2 Å². The van der Waals surface area contributed by atoms with Gasteiger partial charge in [-0.3, -0.25) is 14.5 Å². The minimum atomic E-state index is -0.935. The summed E-state index contributed by atoms with van der Waals surface area (Å²) in [7, 11) is 0. The highest BCUT2D eigenvalue weighted by molar-refractivity contribution is 6.06. The van der Waals surface area contributed by atoms with Gasteiger partial charge in [-0.05, 0) is 25.0 Å². The molecule has 2 amide bonds. The number of ether oxygens (including phenoxy) is 3. The molecule has 1 saturated carbocycles. The fourth-order valence-electron chi connectivity index (χ4n) is 3.91. The molecule has 2 heterocycles. The van der Waals surface area contributed by atoms with Crippen molar-refractivity contribution in [3.8, 4) is 17.2 Å². The van der Waals surface area contributed by atoms with E-state index in [4.69, 9.17) is 14.2 Å². The topological polar surface area (TPSA) is 85.3 Å². The lowest BCUT2D eigenvalue weighted by Crippen LogP contribution is -2.41. The molecule has 1 aromatic rings. The normalized spacial score (nSPS) is 22.0. The van der Waals surface area contributed by atoms with E-state index >= 15 is 0 Å². The molecule has 1 aliphatic carbocycles. The van der Waals surface area contributed by atoms with E-state index in [1.54, 1.807) is 18.2 Å². The van der Waals surface area contributed by atoms with Crippen molar-refractivity contribution in [2.75, 3.05) is 19.9 Å². The molecule has 7 nitrogen and oxygen atoms in total. The van der Waals surface area contributed by atoms with Crippen molar-refractivity contribution in [3.63, 3.8) is 0 Å². The molecule has 4 rings (SSSR count). The first-order valence-corrected chi connectivity index (χ1v) is 8.63. The highest BCUT2D eigenvalue weighted by Crippen LogP contribution is 2.46. The average molecular weight is 347 g/mol. The molecule has 0 bridgehead atoms. The Labute approximate surface area is 145 Å². The van der Waals surface area contributed by atoms with E-state index in [2.05, 4.69) is 0 Å². The summed E-state index contributed by atoms with van der Waals surface area (Å²) in [6, 6.07) is 5.15. The number of carbonyl (C=O) groups is 2. The van der Waals surface area contributed by atoms with Crippen molar-refractivity contribution in [1.29, 1.82) is 0 Å². The number of nitrogens with zero attached hydrogens (tertiary/aromatic N) is 1. The molecule has 1 atom stereocenters. The summed E-state index contributed by atoms with van der Waals surface area (Å²) in [5.41, 5.74) is -0.505. The van der Waals surface area contributed by atoms with E-state index in [0.717, 1.165) is 25.7 Å². The first-order chi connectivity index (χ1) is 12.1. The Hall–Kier alpha value is -2.28. The van der Waals surface area contributed by atoms with Crippen LogP contribution >= 0.6 is 0 Å². The Morgan fingerprint density at radius 3 is 2.76 bits per heavy atom. The Morgan fingerprint density at radius 2 is 1.96 bits per heavy atom. The number of aliphatic hydroxyl groups excluding tert-OH is 1. The second kappa shape index (κ2) is 6.22. The number of carbonyl (C=O) groups excluding carboxylic acids is 2. The van der Waals surface area contributed by atoms with E-state index in [9.17, 15) is 14.7 Å². The van der Waals surface area contributed by atoms with Crippen LogP contribution < -0.4 is 14.2 Å². The van der Waals surface area contributed by atoms with Gasteiger partial charge in [0.25, 0.3) is 0 Å². The van der Waals surface area contributed by atoms with E-state index in [1.807, 2.05) is 0 Å². The van der Waals surface area contributed by atoms with Gasteiger partial charge < -0.3 is 19.3 Å². The van der Waals surface area contributed by atoms with Crippen LogP contribution in [0.5, 0.6) is 17.2 Å². The predicted molar refractivity (Wildman–Crippen MR) is 86.3 cm³/mol. The maximum Gasteiger partial charge on any atom is 0.235 e. The van der Waals surface area contributed by atoms with Crippen LogP contribution in [0, 0.1) is 5.41 Å². The molecule has 1 saturated heterocycles. The van der Waals surface area contributed by atoms with Crippen molar-refractivity contribution < 1.29 is 28.9 Å². The van der Waals surface area contributed by atoms with Gasteiger partial charge in [-0.1, -0.05) is 12.8 Å². The van der Waals surface area contributed by atoms with Crippen molar-refractivity contribution in [2.24, 2.45) is 5.41 Å². The number of β-amino-alcohol motifs (C(OH)–C–C–N with tert-alkyl or cyclic N) is 1. The molecule has 25 heavy (non-hydrogen) atoms. The summed E-state index contributed by atoms with van der Waals surface area (Å²) in [6.07, 6.45) is 2.87. The fraction of sp³-hybridized carbons (Fsp3) is 0.556. The lowest BCUT2D eigenvalue weighted by molar-refractivity contribution is -0.143. The van der Waals surface area contributed by atoms with Gasteiger partial charge in [-0.2, -0.15) is 0 Å². The number of rotatable bonds is 5. The van der Waals surface area contributed by atoms with E-state index in [1.165, 1.54) is 4.90 Å². The van der Waals surface area contributed by atoms with Gasteiger partial charge in [0, 0.05) is 12.5 Å². The third-order valence-corrected chi connectivity index (χ3v) is 5.23. The molecular formula is C18H21NO6. The SMILES string of the molecule is O=C1CC2(CCCC2)C(=O)N1C[C@H](O)COc1ccc2c(c1)OCO2. The molecule has 2 aliphatic heterocycles. The maximum atomic E-state index is 12.6. The number of fused-ring (bicyclic) bond motifs is 1. The molecule has 0 aromatic heterocycles. The van der Waals surface area contributed by atoms with Crippen molar-refractivity contribution >= 4 is 11.8 Å². The average Bonchev–Trinajstić information content (AvgIpc) is 3.30. The molecule has 1 aromatic carbocycles. The number of hydrogen-bond acceptors (Lipinski definition) is 6.